The van der Waals surface area contributed by atoms with Gasteiger partial charge in [0.1, 0.15) is 11.5 Å². The van der Waals surface area contributed by atoms with Gasteiger partial charge in [-0.05, 0) is 19.9 Å². The number of pyridine rings is 1. The lowest BCUT2D eigenvalue weighted by molar-refractivity contribution is -0.385. The molecule has 1 N–H and O–H groups in total. The number of aromatic nitrogens is 3. The number of hydrogen-bond donors (Lipinski definition) is 1. The first-order chi connectivity index (χ1) is 9.52. The summed E-state index contributed by atoms with van der Waals surface area (Å²) in [6.07, 6.45) is 2.35. The number of nitrogens with zero attached hydrogens (tertiary/aromatic N) is 4. The van der Waals surface area contributed by atoms with E-state index in [1.807, 2.05) is 6.92 Å². The van der Waals surface area contributed by atoms with E-state index in [4.69, 9.17) is 0 Å². The Morgan fingerprint density at radius 1 is 1.40 bits per heavy atom. The normalized spacial score (nSPS) is 10.3. The van der Waals surface area contributed by atoms with Crippen molar-refractivity contribution in [2.45, 2.75) is 13.8 Å². The van der Waals surface area contributed by atoms with Crippen molar-refractivity contribution in [3.05, 3.63) is 40.1 Å². The second-order valence-corrected chi connectivity index (χ2v) is 4.01. The van der Waals surface area contributed by atoms with Gasteiger partial charge in [0.2, 0.25) is 5.95 Å². The van der Waals surface area contributed by atoms with E-state index < -0.39 is 10.7 Å². The van der Waals surface area contributed by atoms with Crippen molar-refractivity contribution in [2.75, 3.05) is 11.9 Å². The van der Waals surface area contributed by atoms with Crippen molar-refractivity contribution < 1.29 is 9.31 Å². The summed E-state index contributed by atoms with van der Waals surface area (Å²) >= 11 is 0. The fourth-order valence-electron chi connectivity index (χ4n) is 1.77. The Morgan fingerprint density at radius 3 is 2.75 bits per heavy atom. The maximum absolute atomic E-state index is 13.2. The van der Waals surface area contributed by atoms with Crippen LogP contribution in [0, 0.1) is 22.9 Å². The molecule has 0 saturated carbocycles. The number of aryl methyl sites for hydroxylation is 1. The van der Waals surface area contributed by atoms with Crippen LogP contribution < -0.4 is 5.32 Å². The van der Waals surface area contributed by atoms with E-state index in [9.17, 15) is 14.5 Å². The van der Waals surface area contributed by atoms with Crippen LogP contribution in [0.25, 0.3) is 11.3 Å². The number of anilines is 1. The third kappa shape index (κ3) is 2.68. The van der Waals surface area contributed by atoms with Crippen molar-refractivity contribution in [1.29, 1.82) is 0 Å². The zero-order valence-corrected chi connectivity index (χ0v) is 10.9. The van der Waals surface area contributed by atoms with Crippen molar-refractivity contribution in [1.82, 2.24) is 15.0 Å². The Labute approximate surface area is 114 Å². The van der Waals surface area contributed by atoms with Gasteiger partial charge in [0.05, 0.1) is 11.1 Å². The van der Waals surface area contributed by atoms with Gasteiger partial charge in [0.25, 0.3) is 0 Å². The molecule has 2 rings (SSSR count). The van der Waals surface area contributed by atoms with Crippen LogP contribution in [0.5, 0.6) is 0 Å². The van der Waals surface area contributed by atoms with Crippen LogP contribution in [0.3, 0.4) is 0 Å². The summed E-state index contributed by atoms with van der Waals surface area (Å²) in [6.45, 7) is 3.93. The highest BCUT2D eigenvalue weighted by atomic mass is 19.1. The number of rotatable bonds is 4. The first-order valence-electron chi connectivity index (χ1n) is 5.90. The molecule has 0 aliphatic rings. The van der Waals surface area contributed by atoms with Crippen LogP contribution in [-0.4, -0.2) is 26.4 Å². The second-order valence-electron chi connectivity index (χ2n) is 4.01. The highest BCUT2D eigenvalue weighted by Crippen LogP contribution is 2.30. The van der Waals surface area contributed by atoms with Crippen LogP contribution in [0.15, 0.2) is 18.5 Å². The Hall–Kier alpha value is -2.64. The van der Waals surface area contributed by atoms with Gasteiger partial charge in [-0.1, -0.05) is 0 Å². The topological polar surface area (TPSA) is 93.8 Å². The molecule has 20 heavy (non-hydrogen) atoms. The zero-order valence-electron chi connectivity index (χ0n) is 10.9. The quantitative estimate of drug-likeness (QED) is 0.680. The summed E-state index contributed by atoms with van der Waals surface area (Å²) < 4.78 is 13.2. The van der Waals surface area contributed by atoms with E-state index >= 15 is 0 Å². The molecule has 0 fully saturated rings. The molecule has 0 aliphatic carbocycles. The fraction of sp³-hybridized carbons (Fsp3) is 0.250. The van der Waals surface area contributed by atoms with Crippen LogP contribution in [0.2, 0.25) is 0 Å². The summed E-state index contributed by atoms with van der Waals surface area (Å²) in [5, 5.41) is 14.0. The number of nitro groups is 1. The Morgan fingerprint density at radius 2 is 2.15 bits per heavy atom. The van der Waals surface area contributed by atoms with Gasteiger partial charge in [-0.25, -0.2) is 14.4 Å². The van der Waals surface area contributed by atoms with Crippen LogP contribution in [0.1, 0.15) is 12.6 Å². The van der Waals surface area contributed by atoms with Crippen molar-refractivity contribution in [2.24, 2.45) is 0 Å². The molecule has 2 aromatic rings. The van der Waals surface area contributed by atoms with Crippen LogP contribution in [-0.2, 0) is 0 Å². The summed E-state index contributed by atoms with van der Waals surface area (Å²) in [7, 11) is 0. The second kappa shape index (κ2) is 5.55. The molecule has 0 saturated heterocycles. The first kappa shape index (κ1) is 13.8. The Balaban J connectivity index is 2.67. The highest BCUT2D eigenvalue weighted by Gasteiger charge is 2.23. The van der Waals surface area contributed by atoms with Gasteiger partial charge in [0, 0.05) is 18.3 Å². The molecule has 2 aromatic heterocycles. The molecule has 2 heterocycles. The van der Waals surface area contributed by atoms with E-state index in [0.29, 0.717) is 6.54 Å². The van der Waals surface area contributed by atoms with Gasteiger partial charge >= 0.3 is 5.69 Å². The lowest BCUT2D eigenvalue weighted by Crippen LogP contribution is -2.07. The summed E-state index contributed by atoms with van der Waals surface area (Å²) in [6, 6.07) is 1.15. The molecule has 0 aromatic carbocycles. The third-order valence-corrected chi connectivity index (χ3v) is 2.55. The summed E-state index contributed by atoms with van der Waals surface area (Å²) in [5.41, 5.74) is 0.242. The van der Waals surface area contributed by atoms with Gasteiger partial charge in [0.15, 0.2) is 5.69 Å². The largest absolute Gasteiger partial charge is 0.354 e. The smallest absolute Gasteiger partial charge is 0.316 e. The molecule has 0 amide bonds. The number of halogens is 1. The maximum atomic E-state index is 13.2. The molecule has 0 unspecified atom stereocenters. The van der Waals surface area contributed by atoms with Gasteiger partial charge in [-0.15, -0.1) is 0 Å². The molecule has 8 heteroatoms. The molecule has 0 aliphatic heterocycles. The SMILES string of the molecule is CCNc1nc(C)c([N+](=O)[O-])c(-c2cncc(F)c2)n1. The molecule has 104 valence electrons. The molecule has 0 bridgehead atoms. The minimum absolute atomic E-state index is 0.0467. The van der Waals surface area contributed by atoms with E-state index in [0.717, 1.165) is 12.3 Å². The van der Waals surface area contributed by atoms with Crippen molar-refractivity contribution >= 4 is 11.6 Å². The first-order valence-corrected chi connectivity index (χ1v) is 5.90. The highest BCUT2D eigenvalue weighted by molar-refractivity contribution is 5.71. The van der Waals surface area contributed by atoms with Gasteiger partial charge < -0.3 is 5.32 Å². The molecule has 7 nitrogen and oxygen atoms in total. The number of hydrogen-bond acceptors (Lipinski definition) is 6. The fourth-order valence-corrected chi connectivity index (χ4v) is 1.77. The van der Waals surface area contributed by atoms with Crippen molar-refractivity contribution in [3.63, 3.8) is 0 Å². The van der Waals surface area contributed by atoms with Crippen LogP contribution in [0.4, 0.5) is 16.0 Å². The minimum Gasteiger partial charge on any atom is -0.354 e. The van der Waals surface area contributed by atoms with Gasteiger partial charge in [-0.2, -0.15) is 0 Å². The minimum atomic E-state index is -0.585. The Bertz CT molecular complexity index is 662. The standard InChI is InChI=1S/C12H12FN5O2/c1-3-15-12-16-7(2)11(18(19)20)10(17-12)8-4-9(13)6-14-5-8/h4-6H,3H2,1-2H3,(H,15,16,17). The summed E-state index contributed by atoms with van der Waals surface area (Å²) in [5.74, 6) is -0.326. The van der Waals surface area contributed by atoms with E-state index in [1.165, 1.54) is 13.1 Å². The molecular formula is C12H12FN5O2. The third-order valence-electron chi connectivity index (χ3n) is 2.55. The average molecular weight is 277 g/mol. The van der Waals surface area contributed by atoms with Crippen LogP contribution >= 0.6 is 0 Å². The lowest BCUT2D eigenvalue weighted by atomic mass is 10.1. The number of nitrogens with one attached hydrogen (secondary N) is 1. The molecular weight excluding hydrogens is 265 g/mol. The average Bonchev–Trinajstić information content (AvgIpc) is 2.37. The molecule has 0 radical (unpaired) electrons. The van der Waals surface area contributed by atoms with E-state index in [-0.39, 0.29) is 28.6 Å². The van der Waals surface area contributed by atoms with E-state index in [2.05, 4.69) is 20.3 Å². The Kier molecular flexibility index (Phi) is 3.83. The lowest BCUT2D eigenvalue weighted by Gasteiger charge is -2.08. The predicted octanol–water partition coefficient (Wildman–Crippen LogP) is 2.33. The van der Waals surface area contributed by atoms with Crippen molar-refractivity contribution in [3.8, 4) is 11.3 Å². The summed E-state index contributed by atoms with van der Waals surface area (Å²) in [4.78, 5) is 22.4. The maximum Gasteiger partial charge on any atom is 0.316 e. The predicted molar refractivity (Wildman–Crippen MR) is 70.8 cm³/mol. The molecule has 0 spiro atoms. The van der Waals surface area contributed by atoms with Gasteiger partial charge in [-0.3, -0.25) is 15.1 Å². The zero-order chi connectivity index (χ0) is 14.7. The monoisotopic (exact) mass is 277 g/mol. The molecule has 0 atom stereocenters. The van der Waals surface area contributed by atoms with E-state index in [1.54, 1.807) is 0 Å².